The molecule has 0 radical (unpaired) electrons. The van der Waals surface area contributed by atoms with E-state index >= 15 is 0 Å². The third-order valence-electron chi connectivity index (χ3n) is 4.94. The minimum Gasteiger partial charge on any atom is -0.353 e. The lowest BCUT2D eigenvalue weighted by Gasteiger charge is -2.22. The van der Waals surface area contributed by atoms with Crippen molar-refractivity contribution in [3.63, 3.8) is 0 Å². The zero-order valence-corrected chi connectivity index (χ0v) is 15.4. The van der Waals surface area contributed by atoms with Crippen molar-refractivity contribution in [2.45, 2.75) is 19.1 Å². The van der Waals surface area contributed by atoms with Crippen LogP contribution >= 0.6 is 0 Å². The van der Waals surface area contributed by atoms with Crippen molar-refractivity contribution in [2.75, 3.05) is 31.1 Å². The molecule has 1 fully saturated rings. The Balaban J connectivity index is 1.44. The fourth-order valence-electron chi connectivity index (χ4n) is 3.47. The lowest BCUT2D eigenvalue weighted by molar-refractivity contribution is -0.137. The Hall–Kier alpha value is -2.75. The normalized spacial score (nSPS) is 16.5. The van der Waals surface area contributed by atoms with Crippen LogP contribution in [0.15, 0.2) is 30.6 Å². The van der Waals surface area contributed by atoms with E-state index in [1.807, 2.05) is 0 Å². The summed E-state index contributed by atoms with van der Waals surface area (Å²) in [6.45, 7) is 3.85. The molecule has 4 rings (SSSR count). The van der Waals surface area contributed by atoms with Crippen LogP contribution in [-0.4, -0.2) is 56.0 Å². The van der Waals surface area contributed by atoms with Gasteiger partial charge in [-0.3, -0.25) is 4.90 Å². The summed E-state index contributed by atoms with van der Waals surface area (Å²) in [5.74, 6) is 0.773. The van der Waals surface area contributed by atoms with E-state index in [-0.39, 0.29) is 0 Å². The first-order valence-corrected chi connectivity index (χ1v) is 9.05. The van der Waals surface area contributed by atoms with Crippen LogP contribution in [0.2, 0.25) is 0 Å². The van der Waals surface area contributed by atoms with Crippen molar-refractivity contribution in [3.8, 4) is 0 Å². The maximum atomic E-state index is 12.7. The van der Waals surface area contributed by atoms with Gasteiger partial charge >= 0.3 is 6.18 Å². The maximum absolute atomic E-state index is 12.7. The number of fused-ring (bicyclic) bond motifs is 1. The van der Waals surface area contributed by atoms with E-state index in [1.54, 1.807) is 23.9 Å². The number of nitrogens with zero attached hydrogens (tertiary/aromatic N) is 7. The Morgan fingerprint density at radius 3 is 2.54 bits per heavy atom. The quantitative estimate of drug-likeness (QED) is 0.684. The topological polar surface area (TPSA) is 63.0 Å². The molecule has 0 spiro atoms. The number of alkyl halides is 3. The van der Waals surface area contributed by atoms with Gasteiger partial charge in [0, 0.05) is 39.8 Å². The highest BCUT2D eigenvalue weighted by molar-refractivity contribution is 5.82. The second-order valence-electron chi connectivity index (χ2n) is 6.89. The van der Waals surface area contributed by atoms with Crippen LogP contribution in [0.5, 0.6) is 0 Å². The van der Waals surface area contributed by atoms with Gasteiger partial charge in [0.25, 0.3) is 0 Å². The number of anilines is 1. The predicted octanol–water partition coefficient (Wildman–Crippen LogP) is 2.49. The smallest absolute Gasteiger partial charge is 0.353 e. The number of rotatable bonds is 3. The summed E-state index contributed by atoms with van der Waals surface area (Å²) >= 11 is 0. The summed E-state index contributed by atoms with van der Waals surface area (Å²) in [5, 5.41) is 8.20. The van der Waals surface area contributed by atoms with Crippen LogP contribution in [0.4, 0.5) is 19.0 Å². The van der Waals surface area contributed by atoms with E-state index < -0.39 is 11.7 Å². The van der Waals surface area contributed by atoms with Gasteiger partial charge in [0.15, 0.2) is 17.0 Å². The summed E-state index contributed by atoms with van der Waals surface area (Å²) in [5.41, 5.74) is 1.63. The molecule has 7 nitrogen and oxygen atoms in total. The molecule has 1 aliphatic rings. The first-order chi connectivity index (χ1) is 13.4. The summed E-state index contributed by atoms with van der Waals surface area (Å²) in [6, 6.07) is 5.40. The zero-order chi connectivity index (χ0) is 19.7. The van der Waals surface area contributed by atoms with Crippen molar-refractivity contribution < 1.29 is 13.2 Å². The van der Waals surface area contributed by atoms with E-state index in [1.165, 1.54) is 6.33 Å². The second-order valence-corrected chi connectivity index (χ2v) is 6.89. The standard InChI is InChI=1S/C18H20F3N7/c1-26-16-15(24-25-26)17(23-12-22-16)28-8-2-7-27(9-10-28)11-13-3-5-14(6-4-13)18(19,20)21/h3-6,12H,2,7-11H2,1H3. The summed E-state index contributed by atoms with van der Waals surface area (Å²) < 4.78 is 39.8. The number of benzene rings is 1. The van der Waals surface area contributed by atoms with Crippen molar-refractivity contribution in [1.82, 2.24) is 29.9 Å². The Bertz CT molecular complexity index is 952. The molecule has 3 aromatic rings. The third kappa shape index (κ3) is 3.77. The third-order valence-corrected chi connectivity index (χ3v) is 4.94. The number of hydrogen-bond acceptors (Lipinski definition) is 6. The average molecular weight is 391 g/mol. The lowest BCUT2D eigenvalue weighted by atomic mass is 10.1. The van der Waals surface area contributed by atoms with Gasteiger partial charge in [0.05, 0.1) is 5.56 Å². The lowest BCUT2D eigenvalue weighted by Crippen LogP contribution is -2.31. The van der Waals surface area contributed by atoms with Gasteiger partial charge in [-0.15, -0.1) is 5.10 Å². The van der Waals surface area contributed by atoms with Crippen LogP contribution in [0.25, 0.3) is 11.2 Å². The molecule has 28 heavy (non-hydrogen) atoms. The van der Waals surface area contributed by atoms with E-state index in [4.69, 9.17) is 0 Å². The van der Waals surface area contributed by atoms with Gasteiger partial charge in [-0.2, -0.15) is 13.2 Å². The highest BCUT2D eigenvalue weighted by Gasteiger charge is 2.30. The van der Waals surface area contributed by atoms with Gasteiger partial charge in [-0.05, 0) is 24.1 Å². The minimum absolute atomic E-state index is 0.616. The first kappa shape index (κ1) is 18.6. The van der Waals surface area contributed by atoms with Gasteiger partial charge in [-0.25, -0.2) is 14.6 Å². The number of aryl methyl sites for hydroxylation is 1. The average Bonchev–Trinajstić information content (AvgIpc) is 2.90. The Morgan fingerprint density at radius 2 is 1.79 bits per heavy atom. The van der Waals surface area contributed by atoms with E-state index in [0.29, 0.717) is 17.7 Å². The highest BCUT2D eigenvalue weighted by Crippen LogP contribution is 2.29. The van der Waals surface area contributed by atoms with Crippen LogP contribution in [0, 0.1) is 0 Å². The van der Waals surface area contributed by atoms with Crippen molar-refractivity contribution >= 4 is 17.0 Å². The SMILES string of the molecule is Cn1nnc2c(N3CCCN(Cc4ccc(C(F)(F)F)cc4)CC3)ncnc21. The fraction of sp³-hybridized carbons (Fsp3) is 0.444. The molecule has 0 atom stereocenters. The molecule has 0 bridgehead atoms. The van der Waals surface area contributed by atoms with Crippen LogP contribution in [0.1, 0.15) is 17.5 Å². The largest absolute Gasteiger partial charge is 0.416 e. The Kier molecular flexibility index (Phi) is 4.88. The minimum atomic E-state index is -4.30. The molecule has 1 aliphatic heterocycles. The van der Waals surface area contributed by atoms with Crippen molar-refractivity contribution in [1.29, 1.82) is 0 Å². The van der Waals surface area contributed by atoms with Crippen LogP contribution in [0.3, 0.4) is 0 Å². The van der Waals surface area contributed by atoms with Crippen LogP contribution < -0.4 is 4.90 Å². The molecule has 1 saturated heterocycles. The monoisotopic (exact) mass is 391 g/mol. The Labute approximate surface area is 159 Å². The summed E-state index contributed by atoms with van der Waals surface area (Å²) in [7, 11) is 1.79. The summed E-state index contributed by atoms with van der Waals surface area (Å²) in [4.78, 5) is 13.0. The van der Waals surface area contributed by atoms with Gasteiger partial charge in [0.2, 0.25) is 0 Å². The van der Waals surface area contributed by atoms with E-state index in [9.17, 15) is 13.2 Å². The van der Waals surface area contributed by atoms with Crippen molar-refractivity contribution in [2.24, 2.45) is 7.05 Å². The number of aromatic nitrogens is 5. The molecule has 3 heterocycles. The number of hydrogen-bond donors (Lipinski definition) is 0. The molecule has 10 heteroatoms. The highest BCUT2D eigenvalue weighted by atomic mass is 19.4. The van der Waals surface area contributed by atoms with E-state index in [0.717, 1.165) is 56.1 Å². The Morgan fingerprint density at radius 1 is 1.00 bits per heavy atom. The van der Waals surface area contributed by atoms with E-state index in [2.05, 4.69) is 30.1 Å². The fourth-order valence-corrected chi connectivity index (χ4v) is 3.47. The molecule has 0 aliphatic carbocycles. The molecule has 2 aromatic heterocycles. The molecule has 0 saturated carbocycles. The molecule has 148 valence electrons. The molecule has 0 unspecified atom stereocenters. The first-order valence-electron chi connectivity index (χ1n) is 9.05. The second kappa shape index (κ2) is 7.34. The molecule has 0 N–H and O–H groups in total. The van der Waals surface area contributed by atoms with Crippen LogP contribution in [-0.2, 0) is 19.8 Å². The maximum Gasteiger partial charge on any atom is 0.416 e. The molecular formula is C18H20F3N7. The van der Waals surface area contributed by atoms with Crippen molar-refractivity contribution in [3.05, 3.63) is 41.7 Å². The predicted molar refractivity (Wildman–Crippen MR) is 97.7 cm³/mol. The number of halogens is 3. The molecule has 1 aromatic carbocycles. The zero-order valence-electron chi connectivity index (χ0n) is 15.4. The van der Waals surface area contributed by atoms with Gasteiger partial charge < -0.3 is 4.90 Å². The summed E-state index contributed by atoms with van der Waals surface area (Å²) in [6.07, 6.45) is -1.86. The van der Waals surface area contributed by atoms with Gasteiger partial charge in [-0.1, -0.05) is 17.3 Å². The molecular weight excluding hydrogens is 371 g/mol. The molecule has 0 amide bonds. The van der Waals surface area contributed by atoms with Gasteiger partial charge in [0.1, 0.15) is 6.33 Å².